The Balaban J connectivity index is 1.35. The molecule has 0 unspecified atom stereocenters. The molecule has 0 radical (unpaired) electrons. The Morgan fingerprint density at radius 1 is 1.08 bits per heavy atom. The largest absolute Gasteiger partial charge is 0.393 e. The number of hydrogen-bond acceptors (Lipinski definition) is 7. The van der Waals surface area contributed by atoms with E-state index in [-0.39, 0.29) is 18.1 Å². The van der Waals surface area contributed by atoms with Crippen LogP contribution in [0.4, 0.5) is 17.5 Å². The quantitative estimate of drug-likeness (QED) is 0.281. The maximum Gasteiger partial charge on any atom is 0.251 e. The predicted octanol–water partition coefficient (Wildman–Crippen LogP) is 4.54. The van der Waals surface area contributed by atoms with Crippen LogP contribution in [0.1, 0.15) is 54.1 Å². The van der Waals surface area contributed by atoms with Crippen LogP contribution in [0, 0.1) is 6.92 Å². The van der Waals surface area contributed by atoms with Gasteiger partial charge in [0.15, 0.2) is 17.0 Å². The maximum atomic E-state index is 12.8. The summed E-state index contributed by atoms with van der Waals surface area (Å²) in [6.07, 6.45) is 4.84. The van der Waals surface area contributed by atoms with E-state index in [1.54, 1.807) is 12.4 Å². The van der Waals surface area contributed by atoms with Crippen molar-refractivity contribution in [2.75, 3.05) is 10.6 Å². The number of hydrogen-bond donors (Lipinski definition) is 4. The van der Waals surface area contributed by atoms with E-state index in [9.17, 15) is 9.90 Å². The summed E-state index contributed by atoms with van der Waals surface area (Å²) in [7, 11) is 0. The van der Waals surface area contributed by atoms with Gasteiger partial charge in [-0.25, -0.2) is 4.98 Å². The molecule has 1 amide bonds. The van der Waals surface area contributed by atoms with Crippen LogP contribution in [0.25, 0.3) is 11.2 Å². The van der Waals surface area contributed by atoms with Gasteiger partial charge in [-0.15, -0.1) is 0 Å². The van der Waals surface area contributed by atoms with E-state index in [0.717, 1.165) is 49.1 Å². The molecule has 2 aromatic heterocycles. The van der Waals surface area contributed by atoms with E-state index in [1.807, 2.05) is 60.9 Å². The lowest BCUT2D eigenvalue weighted by Gasteiger charge is -2.26. The Labute approximate surface area is 216 Å². The summed E-state index contributed by atoms with van der Waals surface area (Å²) in [5.74, 6) is 0.959. The number of amides is 1. The fourth-order valence-corrected chi connectivity index (χ4v) is 4.60. The van der Waals surface area contributed by atoms with Gasteiger partial charge >= 0.3 is 0 Å². The van der Waals surface area contributed by atoms with Gasteiger partial charge in [0, 0.05) is 30.4 Å². The molecule has 1 aliphatic rings. The molecule has 1 aliphatic carbocycles. The number of carbonyl (C=O) groups is 1. The first-order chi connectivity index (χ1) is 18.0. The zero-order valence-electron chi connectivity index (χ0n) is 21.2. The number of nitrogens with one attached hydrogen (secondary N) is 3. The topological polar surface area (TPSA) is 117 Å². The Kier molecular flexibility index (Phi) is 7.32. The fraction of sp³-hybridized carbons (Fsp3) is 0.357. The van der Waals surface area contributed by atoms with E-state index in [4.69, 9.17) is 9.97 Å². The summed E-state index contributed by atoms with van der Waals surface area (Å²) in [6, 6.07) is 15.7. The Morgan fingerprint density at radius 3 is 2.62 bits per heavy atom. The number of carbonyl (C=O) groups excluding carboxylic acids is 1. The van der Waals surface area contributed by atoms with Crippen molar-refractivity contribution in [3.63, 3.8) is 0 Å². The average Bonchev–Trinajstić information content (AvgIpc) is 3.33. The molecular formula is C28H33N7O2. The third-order valence-electron chi connectivity index (χ3n) is 6.80. The predicted molar refractivity (Wildman–Crippen MR) is 145 cm³/mol. The van der Waals surface area contributed by atoms with Crippen molar-refractivity contribution in [1.82, 2.24) is 24.8 Å². The summed E-state index contributed by atoms with van der Waals surface area (Å²) in [4.78, 5) is 26.9. The summed E-state index contributed by atoms with van der Waals surface area (Å²) in [5, 5.41) is 19.6. The van der Waals surface area contributed by atoms with E-state index in [0.29, 0.717) is 29.4 Å². The smallest absolute Gasteiger partial charge is 0.251 e. The van der Waals surface area contributed by atoms with Crippen LogP contribution >= 0.6 is 0 Å². The van der Waals surface area contributed by atoms with Crippen LogP contribution < -0.4 is 16.0 Å². The molecule has 192 valence electrons. The van der Waals surface area contributed by atoms with Crippen LogP contribution in [0.15, 0.2) is 54.9 Å². The summed E-state index contributed by atoms with van der Waals surface area (Å²) in [5.41, 5.74) is 4.94. The molecule has 0 bridgehead atoms. The van der Waals surface area contributed by atoms with E-state index in [1.165, 1.54) is 5.56 Å². The average molecular weight is 500 g/mol. The van der Waals surface area contributed by atoms with Crippen LogP contribution in [-0.2, 0) is 13.1 Å². The molecular weight excluding hydrogens is 466 g/mol. The molecule has 0 spiro atoms. The maximum absolute atomic E-state index is 12.8. The minimum atomic E-state index is -0.221. The van der Waals surface area contributed by atoms with Crippen molar-refractivity contribution in [2.45, 2.75) is 64.8 Å². The van der Waals surface area contributed by atoms with Gasteiger partial charge in [-0.3, -0.25) is 4.79 Å². The highest BCUT2D eigenvalue weighted by Gasteiger charge is 2.21. The second-order valence-electron chi connectivity index (χ2n) is 9.62. The number of rotatable bonds is 8. The highest BCUT2D eigenvalue weighted by Crippen LogP contribution is 2.27. The molecule has 1 fully saturated rings. The van der Waals surface area contributed by atoms with Gasteiger partial charge in [0.2, 0.25) is 5.95 Å². The van der Waals surface area contributed by atoms with Crippen LogP contribution in [0.2, 0.25) is 0 Å². The van der Waals surface area contributed by atoms with Gasteiger partial charge < -0.3 is 25.6 Å². The van der Waals surface area contributed by atoms with Crippen molar-refractivity contribution in [3.8, 4) is 0 Å². The minimum absolute atomic E-state index is 0.144. The monoisotopic (exact) mass is 499 g/mol. The summed E-state index contributed by atoms with van der Waals surface area (Å²) < 4.78 is 1.98. The molecule has 9 nitrogen and oxygen atoms in total. The van der Waals surface area contributed by atoms with Crippen molar-refractivity contribution in [3.05, 3.63) is 71.5 Å². The number of aryl methyl sites for hydroxylation is 2. The second kappa shape index (κ2) is 11.0. The molecule has 9 heteroatoms. The third-order valence-corrected chi connectivity index (χ3v) is 6.80. The lowest BCUT2D eigenvalue weighted by atomic mass is 9.93. The van der Waals surface area contributed by atoms with Gasteiger partial charge in [-0.05, 0) is 63.3 Å². The SMILES string of the molecule is CCn1cnc2c(Nc3cccc(C(=O)NCc4ccc(C)cc4)c3)nc(N[C@H]3CC[C@H](O)CC3)nc21. The van der Waals surface area contributed by atoms with Crippen molar-refractivity contribution >= 4 is 34.5 Å². The molecule has 37 heavy (non-hydrogen) atoms. The van der Waals surface area contributed by atoms with E-state index >= 15 is 0 Å². The number of aliphatic hydroxyl groups is 1. The zero-order chi connectivity index (χ0) is 25.8. The van der Waals surface area contributed by atoms with Gasteiger partial charge in [-0.2, -0.15) is 9.97 Å². The number of fused-ring (bicyclic) bond motifs is 1. The number of aromatic nitrogens is 4. The van der Waals surface area contributed by atoms with Gasteiger partial charge in [0.1, 0.15) is 0 Å². The number of nitrogens with zero attached hydrogens (tertiary/aromatic N) is 4. The van der Waals surface area contributed by atoms with Gasteiger partial charge in [0.05, 0.1) is 12.4 Å². The zero-order valence-corrected chi connectivity index (χ0v) is 21.2. The number of anilines is 3. The molecule has 1 saturated carbocycles. The molecule has 4 N–H and O–H groups in total. The highest BCUT2D eigenvalue weighted by molar-refractivity contribution is 5.95. The standard InChI is InChI=1S/C28H33N7O2/c1-3-35-17-30-24-25(33-28(34-26(24)35)32-21-11-13-23(36)14-12-21)31-22-6-4-5-20(15-22)27(37)29-16-19-9-7-18(2)8-10-19/h4-10,15,17,21,23,36H,3,11-14,16H2,1-2H3,(H,29,37)(H2,31,32,33,34)/t21-,23-. The highest BCUT2D eigenvalue weighted by atomic mass is 16.3. The number of benzene rings is 2. The first-order valence-corrected chi connectivity index (χ1v) is 12.9. The molecule has 2 heterocycles. The fourth-order valence-electron chi connectivity index (χ4n) is 4.60. The first kappa shape index (κ1) is 24.7. The first-order valence-electron chi connectivity index (χ1n) is 12.9. The lowest BCUT2D eigenvalue weighted by molar-refractivity contribution is 0.0951. The van der Waals surface area contributed by atoms with E-state index < -0.39 is 0 Å². The number of aliphatic hydroxyl groups excluding tert-OH is 1. The Hall–Kier alpha value is -3.98. The molecule has 0 atom stereocenters. The molecule has 2 aromatic carbocycles. The van der Waals surface area contributed by atoms with Crippen molar-refractivity contribution < 1.29 is 9.90 Å². The normalized spacial score (nSPS) is 17.5. The summed E-state index contributed by atoms with van der Waals surface area (Å²) in [6.45, 7) is 5.29. The Morgan fingerprint density at radius 2 is 1.86 bits per heavy atom. The second-order valence-corrected chi connectivity index (χ2v) is 9.62. The molecule has 4 aromatic rings. The molecule has 0 saturated heterocycles. The molecule has 0 aliphatic heterocycles. The summed E-state index contributed by atoms with van der Waals surface area (Å²) >= 11 is 0. The third kappa shape index (κ3) is 5.89. The van der Waals surface area contributed by atoms with Gasteiger partial charge in [0.25, 0.3) is 5.91 Å². The van der Waals surface area contributed by atoms with Crippen LogP contribution in [0.3, 0.4) is 0 Å². The van der Waals surface area contributed by atoms with E-state index in [2.05, 4.69) is 20.9 Å². The van der Waals surface area contributed by atoms with Crippen LogP contribution in [0.5, 0.6) is 0 Å². The Bertz CT molecular complexity index is 1380. The lowest BCUT2D eigenvalue weighted by Crippen LogP contribution is -2.29. The number of imidazole rings is 1. The molecule has 5 rings (SSSR count). The van der Waals surface area contributed by atoms with Crippen molar-refractivity contribution in [2.24, 2.45) is 0 Å². The van der Waals surface area contributed by atoms with Gasteiger partial charge in [-0.1, -0.05) is 35.9 Å². The van der Waals surface area contributed by atoms with Crippen LogP contribution in [-0.4, -0.2) is 42.7 Å². The van der Waals surface area contributed by atoms with Crippen molar-refractivity contribution in [1.29, 1.82) is 0 Å². The minimum Gasteiger partial charge on any atom is -0.393 e.